The van der Waals surface area contributed by atoms with E-state index in [9.17, 15) is 23.5 Å². The molecule has 0 saturated carbocycles. The predicted octanol–water partition coefficient (Wildman–Crippen LogP) is 5.85. The fraction of sp³-hybridized carbons (Fsp3) is 0.158. The van der Waals surface area contributed by atoms with Gasteiger partial charge in [-0.1, -0.05) is 43.0 Å². The molecule has 7 heteroatoms. The molecule has 0 aliphatic rings. The molecule has 0 bridgehead atoms. The molecule has 3 nitrogen and oxygen atoms in total. The number of thioether (sulfide) groups is 1. The first-order valence-electron chi connectivity index (χ1n) is 7.36. The predicted molar refractivity (Wildman–Crippen MR) is 97.7 cm³/mol. The van der Waals surface area contributed by atoms with Crippen molar-refractivity contribution in [1.29, 1.82) is 5.26 Å². The van der Waals surface area contributed by atoms with Gasteiger partial charge < -0.3 is 5.11 Å². The van der Waals surface area contributed by atoms with E-state index in [1.54, 1.807) is 6.07 Å². The Morgan fingerprint density at radius 3 is 2.54 bits per heavy atom. The molecule has 1 heterocycles. The molecule has 1 aromatic carbocycles. The minimum atomic E-state index is -2.84. The third-order valence-corrected chi connectivity index (χ3v) is 4.17. The van der Waals surface area contributed by atoms with Crippen LogP contribution in [0.4, 0.5) is 13.2 Å². The van der Waals surface area contributed by atoms with Gasteiger partial charge in [-0.15, -0.1) is 11.8 Å². The second kappa shape index (κ2) is 11.0. The van der Waals surface area contributed by atoms with E-state index in [2.05, 4.69) is 11.6 Å². The van der Waals surface area contributed by atoms with Crippen molar-refractivity contribution < 1.29 is 18.3 Å². The molecule has 0 unspecified atom stereocenters. The normalized spacial score (nSPS) is 10.7. The number of allylic oxidation sites excluding steroid dienone is 2. The smallest absolute Gasteiger partial charge is 0.265 e. The van der Waals surface area contributed by atoms with Crippen molar-refractivity contribution in [2.24, 2.45) is 0 Å². The van der Waals surface area contributed by atoms with E-state index >= 15 is 0 Å². The van der Waals surface area contributed by atoms with Gasteiger partial charge in [-0.25, -0.2) is 13.8 Å². The summed E-state index contributed by atoms with van der Waals surface area (Å²) in [5.41, 5.74) is 0.353. The van der Waals surface area contributed by atoms with Crippen molar-refractivity contribution >= 4 is 17.5 Å². The van der Waals surface area contributed by atoms with E-state index in [1.807, 2.05) is 30.3 Å². The van der Waals surface area contributed by atoms with Crippen LogP contribution >= 0.6 is 11.8 Å². The number of alkyl halides is 3. The van der Waals surface area contributed by atoms with Crippen LogP contribution in [0.25, 0.3) is 5.76 Å². The zero-order valence-corrected chi connectivity index (χ0v) is 14.8. The van der Waals surface area contributed by atoms with Crippen LogP contribution in [-0.2, 0) is 5.75 Å². The third-order valence-electron chi connectivity index (χ3n) is 3.12. The molecule has 0 saturated heterocycles. The minimum absolute atomic E-state index is 0.0141. The van der Waals surface area contributed by atoms with Gasteiger partial charge in [-0.3, -0.25) is 4.39 Å². The van der Waals surface area contributed by atoms with Gasteiger partial charge in [0.1, 0.15) is 22.5 Å². The summed E-state index contributed by atoms with van der Waals surface area (Å²) in [6.07, 6.45) is -0.252. The standard InChI is InChI=1S/C18H14F2N2OS.CH3F/c1-2-6-16(23)15-9-13(17(19)20)14(10-21)18(22-15)24-11-12-7-4-3-5-8-12;1-2/h2-9,17,23H,1,11H2;1H3/b16-6-;. The second-order valence-electron chi connectivity index (χ2n) is 4.75. The maximum atomic E-state index is 13.3. The van der Waals surface area contributed by atoms with Crippen LogP contribution < -0.4 is 0 Å². The van der Waals surface area contributed by atoms with Crippen LogP contribution in [0.3, 0.4) is 0 Å². The van der Waals surface area contributed by atoms with E-state index in [4.69, 9.17) is 0 Å². The van der Waals surface area contributed by atoms with Crippen molar-refractivity contribution in [1.82, 2.24) is 4.98 Å². The molecule has 1 N–H and O–H groups in total. The molecular formula is C19H17F3N2OS. The highest BCUT2D eigenvalue weighted by Gasteiger charge is 2.21. The van der Waals surface area contributed by atoms with E-state index in [0.717, 1.165) is 11.6 Å². The minimum Gasteiger partial charge on any atom is -0.506 e. The van der Waals surface area contributed by atoms with Crippen LogP contribution in [0.2, 0.25) is 0 Å². The molecule has 0 aliphatic heterocycles. The Hall–Kier alpha value is -2.72. The summed E-state index contributed by atoms with van der Waals surface area (Å²) in [6, 6.07) is 12.2. The number of aliphatic hydroxyl groups excluding tert-OH is 1. The molecule has 1 aromatic heterocycles. The lowest BCUT2D eigenvalue weighted by molar-refractivity contribution is 0.150. The van der Waals surface area contributed by atoms with Crippen molar-refractivity contribution in [2.75, 3.05) is 7.18 Å². The number of hydrogen-bond donors (Lipinski definition) is 1. The number of aliphatic hydroxyl groups is 1. The van der Waals surface area contributed by atoms with Crippen LogP contribution in [0.5, 0.6) is 0 Å². The van der Waals surface area contributed by atoms with Crippen molar-refractivity contribution in [3.8, 4) is 6.07 Å². The lowest BCUT2D eigenvalue weighted by Crippen LogP contribution is -2.01. The summed E-state index contributed by atoms with van der Waals surface area (Å²) in [5, 5.41) is 19.3. The number of benzene rings is 1. The molecule has 136 valence electrons. The van der Waals surface area contributed by atoms with E-state index < -0.39 is 12.0 Å². The highest BCUT2D eigenvalue weighted by Crippen LogP contribution is 2.33. The number of hydrogen-bond acceptors (Lipinski definition) is 4. The molecule has 2 rings (SSSR count). The Kier molecular flexibility index (Phi) is 9.02. The molecule has 0 radical (unpaired) electrons. The molecule has 0 fully saturated rings. The second-order valence-corrected chi connectivity index (χ2v) is 5.72. The third kappa shape index (κ3) is 5.67. The SMILES string of the molecule is C=C/C=C(\O)c1cc(C(F)F)c(C#N)c(SCc2ccccc2)n1.CF. The first kappa shape index (κ1) is 21.3. The first-order valence-corrected chi connectivity index (χ1v) is 8.35. The molecule has 2 aromatic rings. The zero-order valence-electron chi connectivity index (χ0n) is 14.0. The van der Waals surface area contributed by atoms with Crippen LogP contribution in [0, 0.1) is 11.3 Å². The Balaban J connectivity index is 0.00000163. The molecule has 26 heavy (non-hydrogen) atoms. The highest BCUT2D eigenvalue weighted by molar-refractivity contribution is 7.98. The lowest BCUT2D eigenvalue weighted by Gasteiger charge is -2.11. The Morgan fingerprint density at radius 1 is 1.35 bits per heavy atom. The van der Waals surface area contributed by atoms with Crippen LogP contribution in [0.15, 0.2) is 60.2 Å². The summed E-state index contributed by atoms with van der Waals surface area (Å²) in [7, 11) is 0.500. The number of pyridine rings is 1. The van der Waals surface area contributed by atoms with Gasteiger partial charge in [0.05, 0.1) is 12.7 Å². The number of rotatable bonds is 6. The van der Waals surface area contributed by atoms with E-state index in [1.165, 1.54) is 23.9 Å². The largest absolute Gasteiger partial charge is 0.506 e. The fourth-order valence-corrected chi connectivity index (χ4v) is 2.95. The summed E-state index contributed by atoms with van der Waals surface area (Å²) < 4.78 is 36.1. The monoisotopic (exact) mass is 378 g/mol. The summed E-state index contributed by atoms with van der Waals surface area (Å²) in [5.74, 6) is 0.193. The Bertz CT molecular complexity index is 802. The van der Waals surface area contributed by atoms with Gasteiger partial charge in [0.2, 0.25) is 0 Å². The first-order chi connectivity index (χ1) is 12.6. The summed E-state index contributed by atoms with van der Waals surface area (Å²) >= 11 is 1.17. The van der Waals surface area contributed by atoms with E-state index in [0.29, 0.717) is 12.9 Å². The summed E-state index contributed by atoms with van der Waals surface area (Å²) in [4.78, 5) is 4.16. The zero-order chi connectivity index (χ0) is 19.5. The number of aromatic nitrogens is 1. The molecule has 0 spiro atoms. The number of nitriles is 1. The van der Waals surface area contributed by atoms with Gasteiger partial charge in [0.15, 0.2) is 0 Å². The maximum absolute atomic E-state index is 13.3. The quantitative estimate of drug-likeness (QED) is 0.389. The molecule has 0 atom stereocenters. The molecule has 0 amide bonds. The number of halogens is 3. The topological polar surface area (TPSA) is 56.9 Å². The molecule has 0 aliphatic carbocycles. The van der Waals surface area contributed by atoms with Gasteiger partial charge in [0, 0.05) is 11.3 Å². The average Bonchev–Trinajstić information content (AvgIpc) is 2.68. The Morgan fingerprint density at radius 2 is 2.00 bits per heavy atom. The maximum Gasteiger partial charge on any atom is 0.265 e. The van der Waals surface area contributed by atoms with Gasteiger partial charge >= 0.3 is 0 Å². The van der Waals surface area contributed by atoms with E-state index in [-0.39, 0.29) is 22.0 Å². The van der Waals surface area contributed by atoms with Crippen molar-refractivity contribution in [2.45, 2.75) is 17.2 Å². The summed E-state index contributed by atoms with van der Waals surface area (Å²) in [6.45, 7) is 3.45. The lowest BCUT2D eigenvalue weighted by atomic mass is 10.1. The van der Waals surface area contributed by atoms with Crippen LogP contribution in [-0.4, -0.2) is 17.3 Å². The van der Waals surface area contributed by atoms with Gasteiger partial charge in [0.25, 0.3) is 6.43 Å². The molecular weight excluding hydrogens is 361 g/mol. The van der Waals surface area contributed by atoms with Crippen LogP contribution in [0.1, 0.15) is 28.8 Å². The fourth-order valence-electron chi connectivity index (χ4n) is 1.98. The number of nitrogens with zero attached hydrogens (tertiary/aromatic N) is 2. The highest BCUT2D eigenvalue weighted by atomic mass is 32.2. The van der Waals surface area contributed by atoms with Crippen molar-refractivity contribution in [3.05, 3.63) is 77.5 Å². The van der Waals surface area contributed by atoms with Crippen molar-refractivity contribution in [3.63, 3.8) is 0 Å². The Labute approximate surface area is 154 Å². The average molecular weight is 378 g/mol. The van der Waals surface area contributed by atoms with Gasteiger partial charge in [-0.05, 0) is 17.7 Å². The van der Waals surface area contributed by atoms with Gasteiger partial charge in [-0.2, -0.15) is 5.26 Å².